The van der Waals surface area contributed by atoms with Gasteiger partial charge in [0.1, 0.15) is 5.69 Å². The number of nitriles is 1. The first kappa shape index (κ1) is 10.8. The van der Waals surface area contributed by atoms with Crippen molar-refractivity contribution in [2.24, 2.45) is 0 Å². The van der Waals surface area contributed by atoms with Crippen molar-refractivity contribution in [3.8, 4) is 6.07 Å². The van der Waals surface area contributed by atoms with Crippen LogP contribution in [0.5, 0.6) is 0 Å². The van der Waals surface area contributed by atoms with Crippen LogP contribution < -0.4 is 0 Å². The van der Waals surface area contributed by atoms with E-state index in [1.807, 2.05) is 0 Å². The van der Waals surface area contributed by atoms with Gasteiger partial charge in [-0.1, -0.05) is 11.8 Å². The van der Waals surface area contributed by atoms with E-state index >= 15 is 0 Å². The molecule has 3 nitrogen and oxygen atoms in total. The normalized spacial score (nSPS) is 11.0. The molecule has 74 valence electrons. The Morgan fingerprint density at radius 3 is 2.79 bits per heavy atom. The highest BCUT2D eigenvalue weighted by Gasteiger charge is 2.32. The molecule has 0 atom stereocenters. The third-order valence-electron chi connectivity index (χ3n) is 1.19. The van der Waals surface area contributed by atoms with Gasteiger partial charge in [0.05, 0.1) is 11.8 Å². The second kappa shape index (κ2) is 4.28. The van der Waals surface area contributed by atoms with E-state index in [-0.39, 0.29) is 10.9 Å². The maximum atomic E-state index is 12.1. The number of rotatable bonds is 2. The van der Waals surface area contributed by atoms with Gasteiger partial charge in [0.15, 0.2) is 5.16 Å². The Morgan fingerprint density at radius 1 is 1.50 bits per heavy atom. The highest BCUT2D eigenvalue weighted by Crippen LogP contribution is 2.28. The minimum Gasteiger partial charge on any atom is -0.231 e. The lowest BCUT2D eigenvalue weighted by atomic mass is 10.4. The van der Waals surface area contributed by atoms with Gasteiger partial charge >= 0.3 is 6.18 Å². The second-order valence-electron chi connectivity index (χ2n) is 2.17. The molecule has 0 aliphatic rings. The maximum absolute atomic E-state index is 12.1. The maximum Gasteiger partial charge on any atom is 0.433 e. The summed E-state index contributed by atoms with van der Waals surface area (Å²) in [5.74, 6) is 0.0291. The molecule has 0 fully saturated rings. The molecule has 1 heterocycles. The lowest BCUT2D eigenvalue weighted by Crippen LogP contribution is -2.08. The number of alkyl halides is 3. The summed E-state index contributed by atoms with van der Waals surface area (Å²) in [4.78, 5) is 6.85. The molecule has 1 aromatic rings. The summed E-state index contributed by atoms with van der Waals surface area (Å²) in [6.07, 6.45) is -3.44. The third-order valence-corrected chi connectivity index (χ3v) is 1.92. The van der Waals surface area contributed by atoms with Crippen molar-refractivity contribution in [2.45, 2.75) is 11.3 Å². The number of hydrogen-bond acceptors (Lipinski definition) is 4. The first-order valence-corrected chi connectivity index (χ1v) is 4.42. The van der Waals surface area contributed by atoms with Gasteiger partial charge in [0, 0.05) is 6.20 Å². The summed E-state index contributed by atoms with van der Waals surface area (Å²) in [5.41, 5.74) is -0.993. The fraction of sp³-hybridized carbons (Fsp3) is 0.286. The van der Waals surface area contributed by atoms with Crippen molar-refractivity contribution in [2.75, 3.05) is 5.75 Å². The van der Waals surface area contributed by atoms with Gasteiger partial charge in [-0.15, -0.1) is 0 Å². The molecule has 0 N–H and O–H groups in total. The largest absolute Gasteiger partial charge is 0.433 e. The molecule has 0 amide bonds. The van der Waals surface area contributed by atoms with Gasteiger partial charge in [-0.3, -0.25) is 0 Å². The standard InChI is InChI=1S/C7H4F3N3S/c8-7(9,10)5-1-3-12-6(13-5)14-4-2-11/h1,3H,4H2. The highest BCUT2D eigenvalue weighted by atomic mass is 32.2. The van der Waals surface area contributed by atoms with Crippen LogP contribution in [0.3, 0.4) is 0 Å². The van der Waals surface area contributed by atoms with E-state index in [4.69, 9.17) is 5.26 Å². The lowest BCUT2D eigenvalue weighted by molar-refractivity contribution is -0.141. The van der Waals surface area contributed by atoms with Crippen LogP contribution in [0.4, 0.5) is 13.2 Å². The van der Waals surface area contributed by atoms with Crippen molar-refractivity contribution < 1.29 is 13.2 Å². The molecule has 7 heteroatoms. The van der Waals surface area contributed by atoms with Crippen LogP contribution in [-0.4, -0.2) is 15.7 Å². The monoisotopic (exact) mass is 219 g/mol. The predicted molar refractivity (Wildman–Crippen MR) is 43.4 cm³/mol. The van der Waals surface area contributed by atoms with Gasteiger partial charge in [-0.05, 0) is 6.07 Å². The van der Waals surface area contributed by atoms with E-state index in [2.05, 4.69) is 9.97 Å². The molecule has 0 spiro atoms. The first-order chi connectivity index (χ1) is 6.54. The summed E-state index contributed by atoms with van der Waals surface area (Å²) >= 11 is 0.867. The summed E-state index contributed by atoms with van der Waals surface area (Å²) in [5, 5.41) is 8.17. The number of aromatic nitrogens is 2. The minimum atomic E-state index is -4.47. The van der Waals surface area contributed by atoms with E-state index in [0.29, 0.717) is 0 Å². The van der Waals surface area contributed by atoms with Crippen LogP contribution in [0, 0.1) is 11.3 Å². The van der Waals surface area contributed by atoms with E-state index in [0.717, 1.165) is 24.0 Å². The van der Waals surface area contributed by atoms with Crippen molar-refractivity contribution in [1.29, 1.82) is 5.26 Å². The van der Waals surface area contributed by atoms with Crippen LogP contribution in [0.15, 0.2) is 17.4 Å². The van der Waals surface area contributed by atoms with Gasteiger partial charge in [-0.2, -0.15) is 18.4 Å². The van der Waals surface area contributed by atoms with Crippen molar-refractivity contribution in [1.82, 2.24) is 9.97 Å². The van der Waals surface area contributed by atoms with Crippen LogP contribution in [0.25, 0.3) is 0 Å². The lowest BCUT2D eigenvalue weighted by Gasteiger charge is -2.05. The smallest absolute Gasteiger partial charge is 0.231 e. The molecule has 0 bridgehead atoms. The molecule has 0 aliphatic carbocycles. The highest BCUT2D eigenvalue weighted by molar-refractivity contribution is 7.99. The summed E-state index contributed by atoms with van der Waals surface area (Å²) in [6, 6.07) is 2.56. The average Bonchev–Trinajstić information content (AvgIpc) is 2.14. The molecular formula is C7H4F3N3S. The molecule has 0 aromatic carbocycles. The van der Waals surface area contributed by atoms with Gasteiger partial charge in [0.2, 0.25) is 0 Å². The Labute approximate surface area is 82.0 Å². The van der Waals surface area contributed by atoms with Gasteiger partial charge in [-0.25, -0.2) is 9.97 Å². The van der Waals surface area contributed by atoms with E-state index < -0.39 is 11.9 Å². The average molecular weight is 219 g/mol. The SMILES string of the molecule is N#CCSc1nccc(C(F)(F)F)n1. The fourth-order valence-corrected chi connectivity index (χ4v) is 1.16. The third kappa shape index (κ3) is 2.88. The van der Waals surface area contributed by atoms with Crippen LogP contribution in [0.1, 0.15) is 5.69 Å². The number of halogens is 3. The Kier molecular flexibility index (Phi) is 3.30. The Balaban J connectivity index is 2.86. The van der Waals surface area contributed by atoms with Crippen molar-refractivity contribution >= 4 is 11.8 Å². The molecule has 0 aliphatic heterocycles. The molecule has 1 rings (SSSR count). The van der Waals surface area contributed by atoms with Crippen LogP contribution >= 0.6 is 11.8 Å². The Bertz CT molecular complexity index is 358. The number of thioether (sulfide) groups is 1. The molecule has 1 aromatic heterocycles. The Morgan fingerprint density at radius 2 is 2.21 bits per heavy atom. The van der Waals surface area contributed by atoms with E-state index in [9.17, 15) is 13.2 Å². The molecule has 0 saturated carbocycles. The zero-order valence-electron chi connectivity index (χ0n) is 6.75. The zero-order chi connectivity index (χ0) is 10.6. The van der Waals surface area contributed by atoms with Crippen LogP contribution in [-0.2, 0) is 6.18 Å². The van der Waals surface area contributed by atoms with Crippen LogP contribution in [0.2, 0.25) is 0 Å². The number of hydrogen-bond donors (Lipinski definition) is 0. The zero-order valence-corrected chi connectivity index (χ0v) is 7.56. The fourth-order valence-electron chi connectivity index (χ4n) is 0.665. The molecule has 0 radical (unpaired) electrons. The summed E-state index contributed by atoms with van der Waals surface area (Å²) in [6.45, 7) is 0. The van der Waals surface area contributed by atoms with Crippen molar-refractivity contribution in [3.63, 3.8) is 0 Å². The predicted octanol–water partition coefficient (Wildman–Crippen LogP) is 2.11. The van der Waals surface area contributed by atoms with Crippen molar-refractivity contribution in [3.05, 3.63) is 18.0 Å². The minimum absolute atomic E-state index is 0.0291. The molecule has 0 unspecified atom stereocenters. The quantitative estimate of drug-likeness (QED) is 0.564. The van der Waals surface area contributed by atoms with E-state index in [1.165, 1.54) is 0 Å². The second-order valence-corrected chi connectivity index (χ2v) is 3.11. The summed E-state index contributed by atoms with van der Waals surface area (Å²) in [7, 11) is 0. The van der Waals surface area contributed by atoms with Gasteiger partial charge in [0.25, 0.3) is 0 Å². The molecule has 0 saturated heterocycles. The van der Waals surface area contributed by atoms with Gasteiger partial charge < -0.3 is 0 Å². The van der Waals surface area contributed by atoms with E-state index in [1.54, 1.807) is 6.07 Å². The topological polar surface area (TPSA) is 49.6 Å². The number of nitrogens with zero attached hydrogens (tertiary/aromatic N) is 3. The molecule has 14 heavy (non-hydrogen) atoms. The first-order valence-electron chi connectivity index (χ1n) is 3.44. The Hall–Kier alpha value is -1.29. The summed E-state index contributed by atoms with van der Waals surface area (Å²) < 4.78 is 36.4. The molecular weight excluding hydrogens is 215 g/mol.